The molecule has 4 N–H and O–H groups in total. The van der Waals surface area contributed by atoms with Crippen molar-refractivity contribution in [3.05, 3.63) is 71.8 Å². The average molecular weight is 372 g/mol. The number of esters is 1. The number of alkyl carbamates (subject to hydrolysis) is 1. The molecule has 27 heavy (non-hydrogen) atoms. The van der Waals surface area contributed by atoms with E-state index in [1.807, 2.05) is 60.7 Å². The van der Waals surface area contributed by atoms with Crippen molar-refractivity contribution in [1.29, 1.82) is 0 Å². The zero-order valence-corrected chi connectivity index (χ0v) is 14.9. The maximum absolute atomic E-state index is 11.9. The van der Waals surface area contributed by atoms with Crippen molar-refractivity contribution in [2.24, 2.45) is 5.73 Å². The monoisotopic (exact) mass is 372 g/mol. The lowest BCUT2D eigenvalue weighted by molar-refractivity contribution is -0.149. The number of amides is 1. The molecule has 7 heteroatoms. The van der Waals surface area contributed by atoms with Crippen molar-refractivity contribution in [2.75, 3.05) is 6.54 Å². The number of carbonyl (C=O) groups excluding carboxylic acids is 2. The summed E-state index contributed by atoms with van der Waals surface area (Å²) in [5, 5.41) is 12.5. The summed E-state index contributed by atoms with van der Waals surface area (Å²) in [6.07, 6.45) is -1.64. The molecule has 1 amide bonds. The van der Waals surface area contributed by atoms with Crippen molar-refractivity contribution < 1.29 is 24.2 Å². The zero-order chi connectivity index (χ0) is 19.5. The summed E-state index contributed by atoms with van der Waals surface area (Å²) in [4.78, 5) is 23.5. The second-order valence-corrected chi connectivity index (χ2v) is 5.96. The van der Waals surface area contributed by atoms with E-state index >= 15 is 0 Å². The van der Waals surface area contributed by atoms with E-state index in [1.165, 1.54) is 0 Å². The molecule has 2 aromatic rings. The number of nitrogens with two attached hydrogens (primary N) is 1. The van der Waals surface area contributed by atoms with Crippen LogP contribution in [-0.2, 0) is 27.5 Å². The van der Waals surface area contributed by atoms with Gasteiger partial charge in [0, 0.05) is 6.54 Å². The molecule has 0 bridgehead atoms. The highest BCUT2D eigenvalue weighted by atomic mass is 16.5. The van der Waals surface area contributed by atoms with Crippen LogP contribution in [0.25, 0.3) is 0 Å². The number of benzene rings is 2. The molecule has 7 nitrogen and oxygen atoms in total. The standard InChI is InChI=1S/C20H24N2O5/c21-18(19(24)26-13-15-7-3-1-4-8-15)17(23)11-12-22-20(25)27-14-16-9-5-2-6-10-16/h1-10,17-18,23H,11-14,21H2,(H,22,25). The summed E-state index contributed by atoms with van der Waals surface area (Å²) in [5.74, 6) is -0.696. The Kier molecular flexibility index (Phi) is 8.28. The molecule has 144 valence electrons. The normalized spacial score (nSPS) is 12.7. The van der Waals surface area contributed by atoms with Crippen LogP contribution in [0, 0.1) is 0 Å². The highest BCUT2D eigenvalue weighted by Crippen LogP contribution is 2.05. The lowest BCUT2D eigenvalue weighted by Gasteiger charge is -2.18. The Labute approximate surface area is 158 Å². The summed E-state index contributed by atoms with van der Waals surface area (Å²) in [7, 11) is 0. The summed E-state index contributed by atoms with van der Waals surface area (Å²) in [6.45, 7) is 0.360. The molecule has 2 rings (SSSR count). The third-order valence-electron chi connectivity index (χ3n) is 3.83. The Bertz CT molecular complexity index is 709. The predicted octanol–water partition coefficient (Wildman–Crippen LogP) is 1.73. The van der Waals surface area contributed by atoms with Crippen molar-refractivity contribution in [1.82, 2.24) is 5.32 Å². The van der Waals surface area contributed by atoms with Gasteiger partial charge in [0.1, 0.15) is 19.3 Å². The molecule has 0 aromatic heterocycles. The van der Waals surface area contributed by atoms with Gasteiger partial charge in [0.05, 0.1) is 6.10 Å². The lowest BCUT2D eigenvalue weighted by atomic mass is 10.1. The van der Waals surface area contributed by atoms with Crippen LogP contribution in [0.2, 0.25) is 0 Å². The summed E-state index contributed by atoms with van der Waals surface area (Å²) < 4.78 is 10.1. The molecule has 0 radical (unpaired) electrons. The molecule has 2 aromatic carbocycles. The molecular weight excluding hydrogens is 348 g/mol. The van der Waals surface area contributed by atoms with E-state index in [9.17, 15) is 14.7 Å². The van der Waals surface area contributed by atoms with Crippen LogP contribution in [0.1, 0.15) is 17.5 Å². The van der Waals surface area contributed by atoms with Crippen molar-refractivity contribution in [3.8, 4) is 0 Å². The van der Waals surface area contributed by atoms with Crippen LogP contribution in [0.3, 0.4) is 0 Å². The van der Waals surface area contributed by atoms with Gasteiger partial charge in [-0.05, 0) is 17.5 Å². The number of hydrogen-bond donors (Lipinski definition) is 3. The van der Waals surface area contributed by atoms with Gasteiger partial charge in [0.2, 0.25) is 0 Å². The molecule has 0 saturated heterocycles. The third kappa shape index (κ3) is 7.47. The van der Waals surface area contributed by atoms with E-state index < -0.39 is 24.2 Å². The first-order valence-corrected chi connectivity index (χ1v) is 8.65. The molecule has 0 fully saturated rings. The van der Waals surface area contributed by atoms with Gasteiger partial charge < -0.3 is 25.6 Å². The number of aliphatic hydroxyl groups is 1. The van der Waals surface area contributed by atoms with Gasteiger partial charge in [-0.1, -0.05) is 60.7 Å². The molecule has 0 aliphatic rings. The van der Waals surface area contributed by atoms with Gasteiger partial charge in [0.15, 0.2) is 0 Å². The molecule has 0 aliphatic carbocycles. The first-order chi connectivity index (χ1) is 13.1. The van der Waals surface area contributed by atoms with Crippen LogP contribution in [0.15, 0.2) is 60.7 Å². The highest BCUT2D eigenvalue weighted by Gasteiger charge is 2.24. The minimum atomic E-state index is -1.18. The number of ether oxygens (including phenoxy) is 2. The SMILES string of the molecule is NC(C(=O)OCc1ccccc1)C(O)CCNC(=O)OCc1ccccc1. The number of carbonyl (C=O) groups is 2. The number of aliphatic hydroxyl groups excluding tert-OH is 1. The van der Waals surface area contributed by atoms with E-state index in [1.54, 1.807) is 0 Å². The molecule has 0 saturated carbocycles. The minimum Gasteiger partial charge on any atom is -0.460 e. The van der Waals surface area contributed by atoms with Crippen LogP contribution < -0.4 is 11.1 Å². The van der Waals surface area contributed by atoms with Crippen molar-refractivity contribution in [3.63, 3.8) is 0 Å². The number of hydrogen-bond acceptors (Lipinski definition) is 6. The van der Waals surface area contributed by atoms with E-state index in [4.69, 9.17) is 15.2 Å². The van der Waals surface area contributed by atoms with Gasteiger partial charge in [-0.15, -0.1) is 0 Å². The zero-order valence-electron chi connectivity index (χ0n) is 14.9. The fourth-order valence-corrected chi connectivity index (χ4v) is 2.26. The quantitative estimate of drug-likeness (QED) is 0.578. The lowest BCUT2D eigenvalue weighted by Crippen LogP contribution is -2.44. The fourth-order valence-electron chi connectivity index (χ4n) is 2.26. The van der Waals surface area contributed by atoms with E-state index in [0.29, 0.717) is 0 Å². The second-order valence-electron chi connectivity index (χ2n) is 5.96. The number of nitrogens with one attached hydrogen (secondary N) is 1. The van der Waals surface area contributed by atoms with E-state index in [-0.39, 0.29) is 26.2 Å². The van der Waals surface area contributed by atoms with E-state index in [0.717, 1.165) is 11.1 Å². The largest absolute Gasteiger partial charge is 0.460 e. The Morgan fingerprint density at radius 3 is 2.00 bits per heavy atom. The molecule has 0 aliphatic heterocycles. The Hall–Kier alpha value is -2.90. The van der Waals surface area contributed by atoms with Gasteiger partial charge in [-0.3, -0.25) is 4.79 Å². The first kappa shape index (κ1) is 20.4. The Balaban J connectivity index is 1.62. The van der Waals surface area contributed by atoms with Crippen LogP contribution in [0.5, 0.6) is 0 Å². The first-order valence-electron chi connectivity index (χ1n) is 8.65. The van der Waals surface area contributed by atoms with Crippen molar-refractivity contribution >= 4 is 12.1 Å². The average Bonchev–Trinajstić information content (AvgIpc) is 2.71. The highest BCUT2D eigenvalue weighted by molar-refractivity contribution is 5.76. The van der Waals surface area contributed by atoms with Gasteiger partial charge in [-0.2, -0.15) is 0 Å². The second kappa shape index (κ2) is 10.9. The molecule has 2 atom stereocenters. The van der Waals surface area contributed by atoms with Crippen LogP contribution in [-0.4, -0.2) is 35.9 Å². The Morgan fingerprint density at radius 1 is 0.926 bits per heavy atom. The van der Waals surface area contributed by atoms with Crippen LogP contribution >= 0.6 is 0 Å². The molecule has 0 spiro atoms. The van der Waals surface area contributed by atoms with E-state index in [2.05, 4.69) is 5.32 Å². The fraction of sp³-hybridized carbons (Fsp3) is 0.300. The topological polar surface area (TPSA) is 111 Å². The van der Waals surface area contributed by atoms with Gasteiger partial charge in [0.25, 0.3) is 0 Å². The van der Waals surface area contributed by atoms with Crippen LogP contribution in [0.4, 0.5) is 4.79 Å². The molecule has 0 heterocycles. The summed E-state index contributed by atoms with van der Waals surface area (Å²) in [5.41, 5.74) is 7.41. The third-order valence-corrected chi connectivity index (χ3v) is 3.83. The number of rotatable bonds is 9. The Morgan fingerprint density at radius 2 is 1.44 bits per heavy atom. The van der Waals surface area contributed by atoms with Gasteiger partial charge in [-0.25, -0.2) is 4.79 Å². The van der Waals surface area contributed by atoms with Crippen molar-refractivity contribution in [2.45, 2.75) is 31.8 Å². The minimum absolute atomic E-state index is 0.0875. The smallest absolute Gasteiger partial charge is 0.407 e. The van der Waals surface area contributed by atoms with Gasteiger partial charge >= 0.3 is 12.1 Å². The summed E-state index contributed by atoms with van der Waals surface area (Å²) in [6, 6.07) is 17.2. The maximum Gasteiger partial charge on any atom is 0.407 e. The molecular formula is C20H24N2O5. The maximum atomic E-state index is 11.9. The summed E-state index contributed by atoms with van der Waals surface area (Å²) >= 11 is 0. The molecule has 2 unspecified atom stereocenters. The predicted molar refractivity (Wildman–Crippen MR) is 99.5 cm³/mol.